The Bertz CT molecular complexity index is 1130. The molecule has 0 aromatic heterocycles. The molecule has 7 heteroatoms. The second-order valence-corrected chi connectivity index (χ2v) is 11.4. The van der Waals surface area contributed by atoms with Crippen molar-refractivity contribution in [2.45, 2.75) is 57.9 Å². The molecule has 33 heavy (non-hydrogen) atoms. The Kier molecular flexibility index (Phi) is 6.93. The highest BCUT2D eigenvalue weighted by atomic mass is 32.2. The molecular formula is C26H35N3O3S. The molecule has 0 radical (unpaired) electrons. The molecule has 0 spiro atoms. The number of nitrogens with one attached hydrogen (secondary N) is 1. The molecule has 0 saturated carbocycles. The monoisotopic (exact) mass is 469 g/mol. The topological polar surface area (TPSA) is 69.7 Å². The van der Waals surface area contributed by atoms with Crippen LogP contribution in [0.25, 0.3) is 0 Å². The number of fused-ring (bicyclic) bond motifs is 1. The fraction of sp³-hybridized carbons (Fsp3) is 0.500. The van der Waals surface area contributed by atoms with E-state index in [1.165, 1.54) is 11.1 Å². The average Bonchev–Trinajstić information content (AvgIpc) is 2.78. The van der Waals surface area contributed by atoms with Crippen molar-refractivity contribution < 1.29 is 13.2 Å². The number of nitrogens with zero attached hydrogens (tertiary/aromatic N) is 2. The highest BCUT2D eigenvalue weighted by Gasteiger charge is 2.32. The summed E-state index contributed by atoms with van der Waals surface area (Å²) >= 11 is 0. The lowest BCUT2D eigenvalue weighted by Gasteiger charge is -2.35. The molecule has 1 amide bonds. The summed E-state index contributed by atoms with van der Waals surface area (Å²) in [5.74, 6) is 0.00834. The summed E-state index contributed by atoms with van der Waals surface area (Å²) < 4.78 is 28.5. The second-order valence-electron chi connectivity index (χ2n) is 9.48. The van der Waals surface area contributed by atoms with Gasteiger partial charge in [-0.3, -0.25) is 9.69 Å². The van der Waals surface area contributed by atoms with Crippen LogP contribution in [0.4, 0.5) is 0 Å². The van der Waals surface area contributed by atoms with Crippen LogP contribution in [-0.2, 0) is 21.2 Å². The van der Waals surface area contributed by atoms with Gasteiger partial charge in [0, 0.05) is 26.2 Å². The first-order valence-electron chi connectivity index (χ1n) is 11.9. The normalized spacial score (nSPS) is 19.8. The van der Waals surface area contributed by atoms with Crippen LogP contribution in [0, 0.1) is 27.7 Å². The summed E-state index contributed by atoms with van der Waals surface area (Å²) in [5, 5.41) is 3.20. The lowest BCUT2D eigenvalue weighted by Crippen LogP contribution is -2.51. The number of rotatable bonds is 5. The molecule has 178 valence electrons. The maximum atomic E-state index is 13.5. The Morgan fingerprint density at radius 2 is 1.64 bits per heavy atom. The number of piperazine rings is 1. The van der Waals surface area contributed by atoms with Crippen molar-refractivity contribution in [1.82, 2.24) is 14.5 Å². The van der Waals surface area contributed by atoms with Crippen molar-refractivity contribution in [2.75, 3.05) is 32.7 Å². The van der Waals surface area contributed by atoms with Crippen LogP contribution in [0.3, 0.4) is 0 Å². The van der Waals surface area contributed by atoms with Crippen LogP contribution in [0.5, 0.6) is 0 Å². The third-order valence-electron chi connectivity index (χ3n) is 7.30. The molecular weight excluding hydrogens is 434 g/mol. The molecule has 1 unspecified atom stereocenters. The van der Waals surface area contributed by atoms with E-state index in [4.69, 9.17) is 0 Å². The van der Waals surface area contributed by atoms with Gasteiger partial charge < -0.3 is 5.32 Å². The predicted octanol–water partition coefficient (Wildman–Crippen LogP) is 3.42. The number of carbonyl (C=O) groups excluding carboxylic acids is 1. The zero-order chi connectivity index (χ0) is 23.8. The van der Waals surface area contributed by atoms with Gasteiger partial charge in [0.2, 0.25) is 15.9 Å². The summed E-state index contributed by atoms with van der Waals surface area (Å²) in [7, 11) is -3.57. The van der Waals surface area contributed by atoms with E-state index in [-0.39, 0.29) is 11.9 Å². The van der Waals surface area contributed by atoms with Crippen LogP contribution >= 0.6 is 0 Å². The fourth-order valence-electron chi connectivity index (χ4n) is 5.17. The smallest absolute Gasteiger partial charge is 0.243 e. The van der Waals surface area contributed by atoms with Crippen LogP contribution < -0.4 is 5.32 Å². The molecule has 1 saturated heterocycles. The minimum Gasteiger partial charge on any atom is -0.348 e. The highest BCUT2D eigenvalue weighted by Crippen LogP contribution is 2.30. The maximum Gasteiger partial charge on any atom is 0.243 e. The van der Waals surface area contributed by atoms with E-state index < -0.39 is 10.0 Å². The van der Waals surface area contributed by atoms with E-state index in [9.17, 15) is 13.2 Å². The molecule has 1 N–H and O–H groups in total. The quantitative estimate of drug-likeness (QED) is 0.729. The number of amides is 1. The standard InChI is InChI=1S/C26H35N3O3S/c1-18-16-19(2)21(4)26(20(18)3)33(31,32)29-14-12-28(13-15-29)17-25(30)27-24-11-7-9-22-8-5-6-10-23(22)24/h5-6,8,10,16,24H,7,9,11-15,17H2,1-4H3,(H,27,30). The molecule has 1 aliphatic heterocycles. The van der Waals surface area contributed by atoms with E-state index in [2.05, 4.69) is 28.4 Å². The molecule has 1 atom stereocenters. The lowest BCUT2D eigenvalue weighted by atomic mass is 9.88. The number of aryl methyl sites for hydroxylation is 3. The average molecular weight is 470 g/mol. The Hall–Kier alpha value is -2.22. The van der Waals surface area contributed by atoms with Crippen LogP contribution in [0.1, 0.15) is 52.3 Å². The first kappa shape index (κ1) is 23.9. The zero-order valence-corrected chi connectivity index (χ0v) is 21.0. The van der Waals surface area contributed by atoms with Crippen molar-refractivity contribution in [2.24, 2.45) is 0 Å². The van der Waals surface area contributed by atoms with Gasteiger partial charge >= 0.3 is 0 Å². The Morgan fingerprint density at radius 3 is 2.30 bits per heavy atom. The summed E-state index contributed by atoms with van der Waals surface area (Å²) in [6.07, 6.45) is 3.11. The molecule has 2 aliphatic rings. The largest absolute Gasteiger partial charge is 0.348 e. The van der Waals surface area contributed by atoms with E-state index in [0.717, 1.165) is 41.5 Å². The van der Waals surface area contributed by atoms with Gasteiger partial charge in [0.1, 0.15) is 0 Å². The number of hydrogen-bond donors (Lipinski definition) is 1. The van der Waals surface area contributed by atoms with Gasteiger partial charge in [0.05, 0.1) is 17.5 Å². The first-order chi connectivity index (χ1) is 15.7. The van der Waals surface area contributed by atoms with E-state index in [0.29, 0.717) is 37.6 Å². The zero-order valence-electron chi connectivity index (χ0n) is 20.1. The second kappa shape index (κ2) is 9.57. The number of carbonyl (C=O) groups is 1. The molecule has 4 rings (SSSR count). The van der Waals surface area contributed by atoms with Gasteiger partial charge in [-0.2, -0.15) is 4.31 Å². The molecule has 1 aliphatic carbocycles. The highest BCUT2D eigenvalue weighted by molar-refractivity contribution is 7.89. The van der Waals surface area contributed by atoms with Gasteiger partial charge in [0.25, 0.3) is 0 Å². The van der Waals surface area contributed by atoms with Crippen molar-refractivity contribution in [1.29, 1.82) is 0 Å². The summed E-state index contributed by atoms with van der Waals surface area (Å²) in [6, 6.07) is 10.5. The molecule has 2 aromatic carbocycles. The fourth-order valence-corrected chi connectivity index (χ4v) is 7.17. The predicted molar refractivity (Wildman–Crippen MR) is 131 cm³/mol. The van der Waals surface area contributed by atoms with Gasteiger partial charge in [-0.05, 0) is 80.3 Å². The number of sulfonamides is 1. The van der Waals surface area contributed by atoms with Gasteiger partial charge in [-0.15, -0.1) is 0 Å². The first-order valence-corrected chi connectivity index (χ1v) is 13.3. The molecule has 0 bridgehead atoms. The van der Waals surface area contributed by atoms with Crippen molar-refractivity contribution >= 4 is 15.9 Å². The van der Waals surface area contributed by atoms with Crippen molar-refractivity contribution in [3.05, 3.63) is 63.7 Å². The minimum absolute atomic E-state index is 0.00834. The Morgan fingerprint density at radius 1 is 1.00 bits per heavy atom. The molecule has 2 aromatic rings. The Balaban J connectivity index is 1.37. The minimum atomic E-state index is -3.57. The van der Waals surface area contributed by atoms with Crippen LogP contribution in [0.2, 0.25) is 0 Å². The van der Waals surface area contributed by atoms with Crippen LogP contribution in [0.15, 0.2) is 35.2 Å². The third-order valence-corrected chi connectivity index (χ3v) is 9.47. The molecule has 1 heterocycles. The van der Waals surface area contributed by atoms with E-state index >= 15 is 0 Å². The SMILES string of the molecule is Cc1cc(C)c(C)c(S(=O)(=O)N2CCN(CC(=O)NC3CCCc4ccccc43)CC2)c1C. The molecule has 6 nitrogen and oxygen atoms in total. The van der Waals surface area contributed by atoms with Gasteiger partial charge in [0.15, 0.2) is 0 Å². The van der Waals surface area contributed by atoms with Crippen molar-refractivity contribution in [3.8, 4) is 0 Å². The summed E-state index contributed by atoms with van der Waals surface area (Å²) in [6.45, 7) is 9.89. The van der Waals surface area contributed by atoms with Gasteiger partial charge in [-0.25, -0.2) is 8.42 Å². The number of hydrogen-bond acceptors (Lipinski definition) is 4. The lowest BCUT2D eigenvalue weighted by molar-refractivity contribution is -0.123. The van der Waals surface area contributed by atoms with Crippen molar-refractivity contribution in [3.63, 3.8) is 0 Å². The van der Waals surface area contributed by atoms with Gasteiger partial charge in [-0.1, -0.05) is 30.3 Å². The molecule has 1 fully saturated rings. The third kappa shape index (κ3) is 4.86. The summed E-state index contributed by atoms with van der Waals surface area (Å²) in [5.41, 5.74) is 6.20. The van der Waals surface area contributed by atoms with E-state index in [1.54, 1.807) is 4.31 Å². The maximum absolute atomic E-state index is 13.5. The van der Waals surface area contributed by atoms with E-state index in [1.807, 2.05) is 39.8 Å². The number of benzene rings is 2. The van der Waals surface area contributed by atoms with Crippen LogP contribution in [-0.4, -0.2) is 56.3 Å². The Labute approximate surface area is 198 Å². The summed E-state index contributed by atoms with van der Waals surface area (Å²) in [4.78, 5) is 15.3.